The summed E-state index contributed by atoms with van der Waals surface area (Å²) >= 11 is 1.81. The standard InChI is InChI=1S/C26H21NS/c1-17(2)18-14-15-27-24(16-18)23-12-7-11-22-20-9-4-3-8-19(20)21-10-5-6-13-25(21)28-26(22)23/h3-17H,1-2H3/i17D. The second kappa shape index (κ2) is 6.96. The Bertz CT molecular complexity index is 1220. The summed E-state index contributed by atoms with van der Waals surface area (Å²) in [6.45, 7) is 3.83. The van der Waals surface area contributed by atoms with Crippen LogP contribution in [0.4, 0.5) is 0 Å². The molecule has 4 aromatic rings. The molecule has 2 heterocycles. The highest BCUT2D eigenvalue weighted by Gasteiger charge is 2.22. The van der Waals surface area contributed by atoms with Gasteiger partial charge < -0.3 is 0 Å². The van der Waals surface area contributed by atoms with Gasteiger partial charge in [0.2, 0.25) is 0 Å². The first-order valence-corrected chi connectivity index (χ1v) is 10.3. The van der Waals surface area contributed by atoms with Crippen molar-refractivity contribution in [1.29, 1.82) is 0 Å². The second-order valence-electron chi connectivity index (χ2n) is 7.26. The Morgan fingerprint density at radius 2 is 1.39 bits per heavy atom. The fourth-order valence-corrected chi connectivity index (χ4v) is 5.02. The lowest BCUT2D eigenvalue weighted by Gasteiger charge is -2.14. The summed E-state index contributed by atoms with van der Waals surface area (Å²) in [5, 5.41) is 0. The van der Waals surface area contributed by atoms with Crippen LogP contribution in [0.15, 0.2) is 94.9 Å². The lowest BCUT2D eigenvalue weighted by Crippen LogP contribution is -1.93. The Labute approximate surface area is 171 Å². The molecule has 0 fully saturated rings. The molecule has 0 amide bonds. The number of hydrogen-bond acceptors (Lipinski definition) is 2. The maximum absolute atomic E-state index is 8.42. The SMILES string of the molecule is [2H]C(C)(C)c1ccnc(-c2cccc3c2Sc2ccccc2-c2ccccc2-3)c1. The zero-order valence-electron chi connectivity index (χ0n) is 16.9. The molecule has 1 aromatic heterocycles. The van der Waals surface area contributed by atoms with Gasteiger partial charge in [-0.3, -0.25) is 4.98 Å². The summed E-state index contributed by atoms with van der Waals surface area (Å²) in [5.74, 6) is -0.657. The van der Waals surface area contributed by atoms with Crippen LogP contribution in [0.2, 0.25) is 0 Å². The van der Waals surface area contributed by atoms with Gasteiger partial charge in [-0.25, -0.2) is 0 Å². The molecule has 2 heteroatoms. The molecule has 1 aliphatic rings. The van der Waals surface area contributed by atoms with Crippen molar-refractivity contribution in [2.75, 3.05) is 0 Å². The van der Waals surface area contributed by atoms with Crippen molar-refractivity contribution in [1.82, 2.24) is 4.98 Å². The Morgan fingerprint density at radius 3 is 2.18 bits per heavy atom. The van der Waals surface area contributed by atoms with E-state index in [0.29, 0.717) is 0 Å². The van der Waals surface area contributed by atoms with Crippen molar-refractivity contribution in [3.8, 4) is 33.5 Å². The predicted molar refractivity (Wildman–Crippen MR) is 119 cm³/mol. The summed E-state index contributed by atoms with van der Waals surface area (Å²) in [6.07, 6.45) is 1.82. The third-order valence-corrected chi connectivity index (χ3v) is 6.45. The van der Waals surface area contributed by atoms with E-state index < -0.39 is 5.89 Å². The average Bonchev–Trinajstić information content (AvgIpc) is 2.88. The molecular weight excluding hydrogens is 358 g/mol. The second-order valence-corrected chi connectivity index (χ2v) is 8.31. The van der Waals surface area contributed by atoms with Gasteiger partial charge >= 0.3 is 0 Å². The van der Waals surface area contributed by atoms with E-state index in [1.807, 2.05) is 37.9 Å². The molecule has 0 atom stereocenters. The molecule has 1 nitrogen and oxygen atoms in total. The fraction of sp³-hybridized carbons (Fsp3) is 0.115. The minimum absolute atomic E-state index is 0.657. The van der Waals surface area contributed by atoms with E-state index in [2.05, 4.69) is 77.8 Å². The third kappa shape index (κ3) is 2.85. The molecule has 3 aromatic carbocycles. The van der Waals surface area contributed by atoms with E-state index in [9.17, 15) is 0 Å². The third-order valence-electron chi connectivity index (χ3n) is 5.23. The van der Waals surface area contributed by atoms with Gasteiger partial charge in [-0.05, 0) is 51.9 Å². The molecule has 0 N–H and O–H groups in total. The molecular formula is C26H21NS. The summed E-state index contributed by atoms with van der Waals surface area (Å²) in [7, 11) is 0. The highest BCUT2D eigenvalue weighted by molar-refractivity contribution is 7.99. The van der Waals surface area contributed by atoms with Crippen molar-refractivity contribution in [2.24, 2.45) is 0 Å². The topological polar surface area (TPSA) is 12.9 Å². The number of hydrogen-bond donors (Lipinski definition) is 0. The zero-order chi connectivity index (χ0) is 20.0. The molecule has 136 valence electrons. The monoisotopic (exact) mass is 380 g/mol. The molecule has 0 saturated heterocycles. The van der Waals surface area contributed by atoms with Gasteiger partial charge in [-0.15, -0.1) is 0 Å². The predicted octanol–water partition coefficient (Wildman–Crippen LogP) is 7.67. The van der Waals surface area contributed by atoms with Crippen molar-refractivity contribution in [2.45, 2.75) is 29.5 Å². The lowest BCUT2D eigenvalue weighted by molar-refractivity contribution is 0.863. The van der Waals surface area contributed by atoms with Gasteiger partial charge in [0, 0.05) is 22.9 Å². The quantitative estimate of drug-likeness (QED) is 0.311. The van der Waals surface area contributed by atoms with E-state index in [1.165, 1.54) is 32.0 Å². The molecule has 0 bridgehead atoms. The van der Waals surface area contributed by atoms with E-state index in [4.69, 9.17) is 1.37 Å². The summed E-state index contributed by atoms with van der Waals surface area (Å²) < 4.78 is 8.42. The zero-order valence-corrected chi connectivity index (χ0v) is 16.8. The van der Waals surface area contributed by atoms with Gasteiger partial charge in [-0.2, -0.15) is 0 Å². The van der Waals surface area contributed by atoms with Crippen LogP contribution in [0.5, 0.6) is 0 Å². The first-order chi connectivity index (χ1) is 14.0. The van der Waals surface area contributed by atoms with Crippen LogP contribution >= 0.6 is 11.8 Å². The van der Waals surface area contributed by atoms with E-state index >= 15 is 0 Å². The summed E-state index contributed by atoms with van der Waals surface area (Å²) in [6, 6.07) is 27.7. The Morgan fingerprint density at radius 1 is 0.750 bits per heavy atom. The Balaban J connectivity index is 1.78. The van der Waals surface area contributed by atoms with Crippen LogP contribution in [0.1, 0.15) is 26.7 Å². The molecule has 28 heavy (non-hydrogen) atoms. The van der Waals surface area contributed by atoms with Crippen molar-refractivity contribution >= 4 is 11.8 Å². The van der Waals surface area contributed by atoms with Crippen molar-refractivity contribution < 1.29 is 1.37 Å². The summed E-state index contributed by atoms with van der Waals surface area (Å²) in [5.41, 5.74) is 8.02. The molecule has 0 aliphatic carbocycles. The van der Waals surface area contributed by atoms with E-state index in [0.717, 1.165) is 16.8 Å². The normalized spacial score (nSPS) is 13.0. The average molecular weight is 381 g/mol. The molecule has 0 unspecified atom stereocenters. The highest BCUT2D eigenvalue weighted by atomic mass is 32.2. The molecule has 0 radical (unpaired) electrons. The van der Waals surface area contributed by atoms with E-state index in [-0.39, 0.29) is 0 Å². The minimum atomic E-state index is -0.657. The Hall–Kier alpha value is -2.84. The van der Waals surface area contributed by atoms with Gasteiger partial charge in [-0.1, -0.05) is 86.3 Å². The minimum Gasteiger partial charge on any atom is -0.256 e. The van der Waals surface area contributed by atoms with Crippen LogP contribution in [-0.4, -0.2) is 4.98 Å². The maximum atomic E-state index is 8.42. The van der Waals surface area contributed by atoms with Gasteiger partial charge in [0.15, 0.2) is 0 Å². The van der Waals surface area contributed by atoms with Gasteiger partial charge in [0.25, 0.3) is 0 Å². The van der Waals surface area contributed by atoms with Crippen molar-refractivity contribution in [3.63, 3.8) is 0 Å². The van der Waals surface area contributed by atoms with Crippen LogP contribution in [0.25, 0.3) is 33.5 Å². The number of benzene rings is 3. The van der Waals surface area contributed by atoms with E-state index in [1.54, 1.807) is 0 Å². The first kappa shape index (κ1) is 16.1. The van der Waals surface area contributed by atoms with Crippen molar-refractivity contribution in [3.05, 3.63) is 90.6 Å². The van der Waals surface area contributed by atoms with Crippen LogP contribution in [0.3, 0.4) is 0 Å². The van der Waals surface area contributed by atoms with Crippen LogP contribution in [0, 0.1) is 0 Å². The highest BCUT2D eigenvalue weighted by Crippen LogP contribution is 2.50. The number of nitrogens with zero attached hydrogens (tertiary/aromatic N) is 1. The number of pyridine rings is 1. The first-order valence-electron chi connectivity index (χ1n) is 9.99. The fourth-order valence-electron chi connectivity index (χ4n) is 3.79. The Kier molecular flexibility index (Phi) is 4.01. The largest absolute Gasteiger partial charge is 0.256 e. The number of aromatic nitrogens is 1. The summed E-state index contributed by atoms with van der Waals surface area (Å²) in [4.78, 5) is 7.15. The smallest absolute Gasteiger partial charge is 0.0716 e. The maximum Gasteiger partial charge on any atom is 0.0716 e. The lowest BCUT2D eigenvalue weighted by atomic mass is 9.93. The molecule has 0 spiro atoms. The molecule has 5 rings (SSSR count). The molecule has 1 aliphatic heterocycles. The number of rotatable bonds is 2. The molecule has 0 saturated carbocycles. The van der Waals surface area contributed by atoms with Crippen LogP contribution < -0.4 is 0 Å². The van der Waals surface area contributed by atoms with Gasteiger partial charge in [0.1, 0.15) is 0 Å². The van der Waals surface area contributed by atoms with Gasteiger partial charge in [0.05, 0.1) is 5.69 Å². The van der Waals surface area contributed by atoms with Crippen LogP contribution in [-0.2, 0) is 0 Å². The number of fused-ring (bicyclic) bond motifs is 5.